The van der Waals surface area contributed by atoms with Crippen LogP contribution in [0.15, 0.2) is 58.3 Å². The molecule has 3 rings (SSSR count). The van der Waals surface area contributed by atoms with Gasteiger partial charge in [0.2, 0.25) is 20.0 Å². The van der Waals surface area contributed by atoms with Crippen LogP contribution in [0.3, 0.4) is 0 Å². The van der Waals surface area contributed by atoms with Gasteiger partial charge in [0.1, 0.15) is 6.61 Å². The zero-order valence-corrected chi connectivity index (χ0v) is 20.6. The lowest BCUT2D eigenvalue weighted by atomic mass is 10.1. The second kappa shape index (κ2) is 10.8. The third kappa shape index (κ3) is 6.41. The highest BCUT2D eigenvalue weighted by atomic mass is 32.2. The number of carbonyl (C=O) groups is 1. The topological polar surface area (TPSA) is 101 Å². The van der Waals surface area contributed by atoms with Crippen LogP contribution in [0.5, 0.6) is 0 Å². The van der Waals surface area contributed by atoms with E-state index in [4.69, 9.17) is 4.74 Å². The van der Waals surface area contributed by atoms with E-state index in [1.807, 2.05) is 0 Å². The van der Waals surface area contributed by atoms with Crippen LogP contribution in [-0.4, -0.2) is 58.6 Å². The minimum Gasteiger partial charge on any atom is -0.461 e. The van der Waals surface area contributed by atoms with Crippen molar-refractivity contribution in [1.29, 1.82) is 0 Å². The minimum atomic E-state index is -3.56. The Labute approximate surface area is 196 Å². The Balaban J connectivity index is 1.52. The van der Waals surface area contributed by atoms with Crippen molar-refractivity contribution in [2.45, 2.75) is 48.5 Å². The Hall–Kier alpha value is -2.27. The molecule has 1 heterocycles. The number of rotatable bonds is 9. The van der Waals surface area contributed by atoms with E-state index in [2.05, 4.69) is 0 Å². The summed E-state index contributed by atoms with van der Waals surface area (Å²) in [6.45, 7) is 1.09. The number of nitrogens with zero attached hydrogens (tertiary/aromatic N) is 2. The summed E-state index contributed by atoms with van der Waals surface area (Å²) < 4.78 is 57.9. The molecule has 1 fully saturated rings. The third-order valence-corrected chi connectivity index (χ3v) is 9.29. The van der Waals surface area contributed by atoms with Gasteiger partial charge in [-0.25, -0.2) is 21.1 Å². The van der Waals surface area contributed by atoms with Gasteiger partial charge in [0, 0.05) is 33.6 Å². The van der Waals surface area contributed by atoms with Gasteiger partial charge >= 0.3 is 5.97 Å². The molecule has 1 saturated heterocycles. The lowest BCUT2D eigenvalue weighted by molar-refractivity contribution is -0.144. The van der Waals surface area contributed by atoms with E-state index in [0.29, 0.717) is 25.1 Å². The molecule has 0 spiro atoms. The quantitative estimate of drug-likeness (QED) is 0.497. The van der Waals surface area contributed by atoms with Crippen LogP contribution in [0.25, 0.3) is 0 Å². The van der Waals surface area contributed by atoms with Gasteiger partial charge in [-0.2, -0.15) is 4.31 Å². The maximum Gasteiger partial charge on any atom is 0.306 e. The molecular formula is C23H30N2O6S2. The highest BCUT2D eigenvalue weighted by Crippen LogP contribution is 2.21. The van der Waals surface area contributed by atoms with Crippen molar-refractivity contribution in [2.24, 2.45) is 0 Å². The first kappa shape index (κ1) is 25.4. The average Bonchev–Trinajstić information content (AvgIpc) is 2.82. The largest absolute Gasteiger partial charge is 0.461 e. The zero-order chi connectivity index (χ0) is 24.1. The molecule has 1 aliphatic heterocycles. The standard InChI is InChI=1S/C23H30N2O6S2/c1-24(2)32(27,28)22-8-6-7-20(17-22)18-31-23(26)14-11-19-9-12-21(13-10-19)33(29,30)25-15-4-3-5-16-25/h6-10,12-13,17H,3-5,11,14-16,18H2,1-2H3. The van der Waals surface area contributed by atoms with Crippen LogP contribution < -0.4 is 0 Å². The molecule has 1 aliphatic rings. The van der Waals surface area contributed by atoms with Gasteiger partial charge in [0.05, 0.1) is 9.79 Å². The van der Waals surface area contributed by atoms with E-state index in [9.17, 15) is 21.6 Å². The van der Waals surface area contributed by atoms with Gasteiger partial charge in [0.25, 0.3) is 0 Å². The van der Waals surface area contributed by atoms with Crippen molar-refractivity contribution < 1.29 is 26.4 Å². The predicted octanol–water partition coefficient (Wildman–Crippen LogP) is 2.79. The summed E-state index contributed by atoms with van der Waals surface area (Å²) in [6.07, 6.45) is 3.37. The summed E-state index contributed by atoms with van der Waals surface area (Å²) in [5.74, 6) is -0.416. The van der Waals surface area contributed by atoms with Gasteiger partial charge in [-0.15, -0.1) is 0 Å². The molecule has 0 aromatic heterocycles. The molecule has 0 radical (unpaired) electrons. The summed E-state index contributed by atoms with van der Waals surface area (Å²) in [7, 11) is -4.12. The highest BCUT2D eigenvalue weighted by molar-refractivity contribution is 7.89. The van der Waals surface area contributed by atoms with Gasteiger partial charge in [-0.1, -0.05) is 30.7 Å². The van der Waals surface area contributed by atoms with Gasteiger partial charge in [0.15, 0.2) is 0 Å². The third-order valence-electron chi connectivity index (χ3n) is 5.57. The van der Waals surface area contributed by atoms with E-state index >= 15 is 0 Å². The SMILES string of the molecule is CN(C)S(=O)(=O)c1cccc(COC(=O)CCc2ccc(S(=O)(=O)N3CCCCC3)cc2)c1. The fraction of sp³-hybridized carbons (Fsp3) is 0.435. The monoisotopic (exact) mass is 494 g/mol. The summed E-state index contributed by atoms with van der Waals surface area (Å²) in [5, 5.41) is 0. The number of carbonyl (C=O) groups excluding carboxylic acids is 1. The fourth-order valence-corrected chi connectivity index (χ4v) is 6.06. The van der Waals surface area contributed by atoms with E-state index in [0.717, 1.165) is 29.1 Å². The maximum absolute atomic E-state index is 12.7. The number of ether oxygens (including phenoxy) is 1. The molecular weight excluding hydrogens is 464 g/mol. The first-order valence-electron chi connectivity index (χ1n) is 10.9. The summed E-state index contributed by atoms with van der Waals surface area (Å²) in [4.78, 5) is 12.6. The number of sulfonamides is 2. The van der Waals surface area contributed by atoms with Crippen LogP contribution in [-0.2, 0) is 42.6 Å². The number of aryl methyl sites for hydroxylation is 1. The summed E-state index contributed by atoms with van der Waals surface area (Å²) >= 11 is 0. The molecule has 2 aromatic carbocycles. The van der Waals surface area contributed by atoms with Gasteiger partial charge in [-0.05, 0) is 54.7 Å². The number of hydrogen-bond donors (Lipinski definition) is 0. The Morgan fingerprint density at radius 1 is 0.909 bits per heavy atom. The highest BCUT2D eigenvalue weighted by Gasteiger charge is 2.25. The zero-order valence-electron chi connectivity index (χ0n) is 18.9. The summed E-state index contributed by atoms with van der Waals surface area (Å²) in [6, 6.07) is 12.9. The maximum atomic E-state index is 12.7. The normalized spacial score (nSPS) is 15.5. The molecule has 33 heavy (non-hydrogen) atoms. The Kier molecular flexibility index (Phi) is 8.28. The Morgan fingerprint density at radius 2 is 1.58 bits per heavy atom. The van der Waals surface area contributed by atoms with Crippen molar-refractivity contribution in [1.82, 2.24) is 8.61 Å². The molecule has 0 saturated carbocycles. The van der Waals surface area contributed by atoms with E-state index in [-0.39, 0.29) is 22.8 Å². The predicted molar refractivity (Wildman–Crippen MR) is 124 cm³/mol. The average molecular weight is 495 g/mol. The van der Waals surface area contributed by atoms with Gasteiger partial charge < -0.3 is 4.74 Å². The Morgan fingerprint density at radius 3 is 2.21 bits per heavy atom. The second-order valence-corrected chi connectivity index (χ2v) is 12.3. The summed E-state index contributed by atoms with van der Waals surface area (Å²) in [5.41, 5.74) is 1.42. The molecule has 2 aromatic rings. The second-order valence-electron chi connectivity index (χ2n) is 8.20. The Bertz CT molecular complexity index is 1170. The molecule has 0 atom stereocenters. The van der Waals surface area contributed by atoms with Crippen LogP contribution in [0.1, 0.15) is 36.8 Å². The van der Waals surface area contributed by atoms with E-state index < -0.39 is 26.0 Å². The molecule has 10 heteroatoms. The van der Waals surface area contributed by atoms with Crippen molar-refractivity contribution >= 4 is 26.0 Å². The number of hydrogen-bond acceptors (Lipinski definition) is 6. The fourth-order valence-electron chi connectivity index (χ4n) is 3.57. The molecule has 180 valence electrons. The smallest absolute Gasteiger partial charge is 0.306 e. The van der Waals surface area contributed by atoms with Crippen molar-refractivity contribution in [3.8, 4) is 0 Å². The molecule has 0 aliphatic carbocycles. The molecule has 8 nitrogen and oxygen atoms in total. The van der Waals surface area contributed by atoms with Crippen LogP contribution >= 0.6 is 0 Å². The number of esters is 1. The first-order chi connectivity index (χ1) is 15.6. The van der Waals surface area contributed by atoms with Crippen molar-refractivity contribution in [3.63, 3.8) is 0 Å². The minimum absolute atomic E-state index is 0.0252. The van der Waals surface area contributed by atoms with E-state index in [1.54, 1.807) is 36.4 Å². The molecule has 0 bridgehead atoms. The molecule has 0 N–H and O–H groups in total. The van der Waals surface area contributed by atoms with Crippen LogP contribution in [0.2, 0.25) is 0 Å². The van der Waals surface area contributed by atoms with Crippen molar-refractivity contribution in [3.05, 3.63) is 59.7 Å². The molecule has 0 unspecified atom stereocenters. The number of benzene rings is 2. The van der Waals surface area contributed by atoms with Crippen LogP contribution in [0.4, 0.5) is 0 Å². The lowest BCUT2D eigenvalue weighted by Gasteiger charge is -2.25. The lowest BCUT2D eigenvalue weighted by Crippen LogP contribution is -2.35. The van der Waals surface area contributed by atoms with Crippen LogP contribution in [0, 0.1) is 0 Å². The molecule has 0 amide bonds. The van der Waals surface area contributed by atoms with Crippen molar-refractivity contribution in [2.75, 3.05) is 27.2 Å². The van der Waals surface area contributed by atoms with E-state index in [1.165, 1.54) is 30.5 Å². The first-order valence-corrected chi connectivity index (χ1v) is 13.7. The number of piperidine rings is 1. The van der Waals surface area contributed by atoms with Gasteiger partial charge in [-0.3, -0.25) is 4.79 Å².